The van der Waals surface area contributed by atoms with Gasteiger partial charge >= 0.3 is 5.97 Å². The normalized spacial score (nSPS) is 34.1. The van der Waals surface area contributed by atoms with Crippen molar-refractivity contribution in [2.45, 2.75) is 47.0 Å². The summed E-state index contributed by atoms with van der Waals surface area (Å²) in [6.45, 7) is 8.21. The monoisotopic (exact) mass is 198 g/mol. The van der Waals surface area contributed by atoms with E-state index in [1.807, 2.05) is 13.8 Å². The molecule has 0 heterocycles. The van der Waals surface area contributed by atoms with Crippen molar-refractivity contribution in [2.24, 2.45) is 23.2 Å². The Kier molecular flexibility index (Phi) is 3.23. The summed E-state index contributed by atoms with van der Waals surface area (Å²) in [5.41, 5.74) is -0.553. The molecule has 0 bridgehead atoms. The molecular weight excluding hydrogens is 176 g/mol. The van der Waals surface area contributed by atoms with E-state index in [-0.39, 0.29) is 0 Å². The zero-order valence-electron chi connectivity index (χ0n) is 9.71. The molecule has 82 valence electrons. The molecule has 2 heteroatoms. The molecule has 2 atom stereocenters. The SMILES string of the molecule is CC1CC(C)CC(C(C)(C)C(=O)O)C1. The first-order chi connectivity index (χ1) is 6.34. The summed E-state index contributed by atoms with van der Waals surface area (Å²) >= 11 is 0. The minimum Gasteiger partial charge on any atom is -0.481 e. The summed E-state index contributed by atoms with van der Waals surface area (Å²) in [4.78, 5) is 11.1. The summed E-state index contributed by atoms with van der Waals surface area (Å²) in [7, 11) is 0. The second-order valence-corrected chi connectivity index (χ2v) is 5.64. The first-order valence-electron chi connectivity index (χ1n) is 5.57. The van der Waals surface area contributed by atoms with Crippen LogP contribution in [0.2, 0.25) is 0 Å². The van der Waals surface area contributed by atoms with Crippen molar-refractivity contribution in [3.8, 4) is 0 Å². The molecule has 1 N–H and O–H groups in total. The van der Waals surface area contributed by atoms with Crippen LogP contribution >= 0.6 is 0 Å². The summed E-state index contributed by atoms with van der Waals surface area (Å²) in [5, 5.41) is 9.17. The van der Waals surface area contributed by atoms with Crippen LogP contribution in [0.15, 0.2) is 0 Å². The maximum atomic E-state index is 11.1. The largest absolute Gasteiger partial charge is 0.481 e. The first kappa shape index (κ1) is 11.5. The van der Waals surface area contributed by atoms with Gasteiger partial charge in [0, 0.05) is 0 Å². The first-order valence-corrected chi connectivity index (χ1v) is 5.57. The lowest BCUT2D eigenvalue weighted by atomic mass is 9.66. The minimum atomic E-state index is -0.649. The minimum absolute atomic E-state index is 0.346. The average molecular weight is 198 g/mol. The Morgan fingerprint density at radius 3 is 1.93 bits per heavy atom. The van der Waals surface area contributed by atoms with Crippen LogP contribution in [0.25, 0.3) is 0 Å². The van der Waals surface area contributed by atoms with Crippen LogP contribution < -0.4 is 0 Å². The van der Waals surface area contributed by atoms with E-state index in [9.17, 15) is 4.79 Å². The highest BCUT2D eigenvalue weighted by Crippen LogP contribution is 2.42. The van der Waals surface area contributed by atoms with Crippen LogP contribution in [0.1, 0.15) is 47.0 Å². The Hall–Kier alpha value is -0.530. The summed E-state index contributed by atoms with van der Waals surface area (Å²) in [6.07, 6.45) is 3.40. The van der Waals surface area contributed by atoms with Crippen molar-refractivity contribution in [2.75, 3.05) is 0 Å². The Morgan fingerprint density at radius 1 is 1.14 bits per heavy atom. The molecule has 0 radical (unpaired) electrons. The fourth-order valence-corrected chi connectivity index (χ4v) is 2.71. The molecule has 0 aliphatic heterocycles. The molecule has 0 aromatic rings. The standard InChI is InChI=1S/C12H22O2/c1-8-5-9(2)7-10(6-8)12(3,4)11(13)14/h8-10H,5-7H2,1-4H3,(H,13,14). The van der Waals surface area contributed by atoms with Crippen LogP contribution in [-0.2, 0) is 4.79 Å². The van der Waals surface area contributed by atoms with Crippen molar-refractivity contribution in [3.05, 3.63) is 0 Å². The Bertz CT molecular complexity index is 210. The molecule has 1 rings (SSSR count). The summed E-state index contributed by atoms with van der Waals surface area (Å²) < 4.78 is 0. The second-order valence-electron chi connectivity index (χ2n) is 5.64. The molecule has 14 heavy (non-hydrogen) atoms. The van der Waals surface area contributed by atoms with E-state index in [1.54, 1.807) is 0 Å². The number of hydrogen-bond acceptors (Lipinski definition) is 1. The molecule has 1 aliphatic rings. The van der Waals surface area contributed by atoms with E-state index in [0.717, 1.165) is 12.8 Å². The van der Waals surface area contributed by atoms with Gasteiger partial charge in [0.1, 0.15) is 0 Å². The lowest BCUT2D eigenvalue weighted by Crippen LogP contribution is -2.37. The number of carbonyl (C=O) groups is 1. The summed E-state index contributed by atoms with van der Waals surface area (Å²) in [6, 6.07) is 0. The van der Waals surface area contributed by atoms with Crippen LogP contribution in [0.5, 0.6) is 0 Å². The maximum Gasteiger partial charge on any atom is 0.309 e. The lowest BCUT2D eigenvalue weighted by molar-refractivity contribution is -0.151. The van der Waals surface area contributed by atoms with Gasteiger partial charge in [-0.05, 0) is 50.9 Å². The lowest BCUT2D eigenvalue weighted by Gasteiger charge is -2.39. The maximum absolute atomic E-state index is 11.1. The van der Waals surface area contributed by atoms with Crippen molar-refractivity contribution < 1.29 is 9.90 Å². The van der Waals surface area contributed by atoms with Gasteiger partial charge in [0.15, 0.2) is 0 Å². The zero-order chi connectivity index (χ0) is 10.9. The second kappa shape index (κ2) is 3.92. The summed E-state index contributed by atoms with van der Waals surface area (Å²) in [5.74, 6) is 1.06. The molecule has 0 aromatic heterocycles. The third-order valence-corrected chi connectivity index (χ3v) is 3.75. The van der Waals surface area contributed by atoms with Crippen LogP contribution in [0.3, 0.4) is 0 Å². The van der Waals surface area contributed by atoms with Crippen molar-refractivity contribution in [1.82, 2.24) is 0 Å². The van der Waals surface area contributed by atoms with Crippen LogP contribution in [-0.4, -0.2) is 11.1 Å². The number of rotatable bonds is 2. The third-order valence-electron chi connectivity index (χ3n) is 3.75. The molecule has 1 fully saturated rings. The van der Waals surface area contributed by atoms with Crippen LogP contribution in [0.4, 0.5) is 0 Å². The van der Waals surface area contributed by atoms with E-state index < -0.39 is 11.4 Å². The van der Waals surface area contributed by atoms with Crippen LogP contribution in [0, 0.1) is 23.2 Å². The molecule has 0 saturated heterocycles. The van der Waals surface area contributed by atoms with Gasteiger partial charge < -0.3 is 5.11 Å². The van der Waals surface area contributed by atoms with Gasteiger partial charge in [0.25, 0.3) is 0 Å². The Morgan fingerprint density at radius 2 is 1.57 bits per heavy atom. The molecule has 2 unspecified atom stereocenters. The van der Waals surface area contributed by atoms with E-state index in [4.69, 9.17) is 5.11 Å². The highest BCUT2D eigenvalue weighted by molar-refractivity contribution is 5.74. The smallest absolute Gasteiger partial charge is 0.309 e. The van der Waals surface area contributed by atoms with E-state index in [0.29, 0.717) is 17.8 Å². The highest BCUT2D eigenvalue weighted by atomic mass is 16.4. The average Bonchev–Trinajstić information content (AvgIpc) is 2.01. The fraction of sp³-hybridized carbons (Fsp3) is 0.917. The van der Waals surface area contributed by atoms with Crippen molar-refractivity contribution in [1.29, 1.82) is 0 Å². The van der Waals surface area contributed by atoms with Gasteiger partial charge in [-0.1, -0.05) is 13.8 Å². The molecular formula is C12H22O2. The molecule has 0 amide bonds. The van der Waals surface area contributed by atoms with Crippen molar-refractivity contribution >= 4 is 5.97 Å². The number of carboxylic acid groups (broad SMARTS) is 1. The molecule has 1 aliphatic carbocycles. The molecule has 1 saturated carbocycles. The zero-order valence-corrected chi connectivity index (χ0v) is 9.71. The number of aliphatic carboxylic acids is 1. The molecule has 2 nitrogen and oxygen atoms in total. The third kappa shape index (κ3) is 2.28. The number of hydrogen-bond donors (Lipinski definition) is 1. The topological polar surface area (TPSA) is 37.3 Å². The quantitative estimate of drug-likeness (QED) is 0.740. The molecule has 0 spiro atoms. The number of carboxylic acids is 1. The predicted octanol–water partition coefficient (Wildman–Crippen LogP) is 3.17. The Labute approximate surface area is 86.7 Å². The van der Waals surface area contributed by atoms with Gasteiger partial charge in [-0.2, -0.15) is 0 Å². The van der Waals surface area contributed by atoms with Gasteiger partial charge in [-0.25, -0.2) is 0 Å². The highest BCUT2D eigenvalue weighted by Gasteiger charge is 2.40. The van der Waals surface area contributed by atoms with Gasteiger partial charge in [-0.15, -0.1) is 0 Å². The van der Waals surface area contributed by atoms with E-state index in [2.05, 4.69) is 13.8 Å². The van der Waals surface area contributed by atoms with Gasteiger partial charge in [-0.3, -0.25) is 4.79 Å². The predicted molar refractivity (Wildman–Crippen MR) is 57.1 cm³/mol. The van der Waals surface area contributed by atoms with E-state index >= 15 is 0 Å². The van der Waals surface area contributed by atoms with Crippen molar-refractivity contribution in [3.63, 3.8) is 0 Å². The van der Waals surface area contributed by atoms with Gasteiger partial charge in [0.2, 0.25) is 0 Å². The van der Waals surface area contributed by atoms with E-state index in [1.165, 1.54) is 6.42 Å². The Balaban J connectivity index is 2.72. The van der Waals surface area contributed by atoms with Gasteiger partial charge in [0.05, 0.1) is 5.41 Å². The molecule has 0 aromatic carbocycles. The fourth-order valence-electron chi connectivity index (χ4n) is 2.71.